The molecule has 1 saturated heterocycles. The zero-order chi connectivity index (χ0) is 22.4. The Balaban J connectivity index is 1.12. The predicted molar refractivity (Wildman–Crippen MR) is 117 cm³/mol. The van der Waals surface area contributed by atoms with Crippen molar-refractivity contribution in [3.8, 4) is 11.1 Å². The summed E-state index contributed by atoms with van der Waals surface area (Å²) < 4.78 is 5.54. The summed E-state index contributed by atoms with van der Waals surface area (Å²) in [6, 6.07) is 15.9. The van der Waals surface area contributed by atoms with Crippen LogP contribution in [0, 0.1) is 17.8 Å². The molecule has 0 spiro atoms. The van der Waals surface area contributed by atoms with E-state index in [1.165, 1.54) is 11.1 Å². The number of hydrogen-bond donors (Lipinski definition) is 2. The lowest BCUT2D eigenvalue weighted by Crippen LogP contribution is -2.40. The third-order valence-corrected chi connectivity index (χ3v) is 7.02. The van der Waals surface area contributed by atoms with Gasteiger partial charge >= 0.3 is 12.1 Å². The Bertz CT molecular complexity index is 1030. The van der Waals surface area contributed by atoms with Crippen LogP contribution >= 0.6 is 0 Å². The van der Waals surface area contributed by atoms with E-state index in [9.17, 15) is 14.4 Å². The first-order valence-electron chi connectivity index (χ1n) is 11.1. The van der Waals surface area contributed by atoms with Gasteiger partial charge in [0.05, 0.1) is 5.92 Å². The van der Waals surface area contributed by atoms with Crippen LogP contribution in [0.3, 0.4) is 0 Å². The third kappa shape index (κ3) is 3.61. The highest BCUT2D eigenvalue weighted by molar-refractivity contribution is 5.81. The third-order valence-electron chi connectivity index (χ3n) is 7.02. The average molecular weight is 434 g/mol. The smallest absolute Gasteiger partial charge is 0.407 e. The highest BCUT2D eigenvalue weighted by atomic mass is 16.5. The molecule has 7 heteroatoms. The summed E-state index contributed by atoms with van der Waals surface area (Å²) in [5.41, 5.74) is 4.64. The molecule has 2 unspecified atom stereocenters. The average Bonchev–Trinajstić information content (AvgIpc) is 3.13. The molecule has 166 valence electrons. The maximum absolute atomic E-state index is 12.5. The van der Waals surface area contributed by atoms with Crippen LogP contribution in [0.4, 0.5) is 4.79 Å². The highest BCUT2D eigenvalue weighted by Crippen LogP contribution is 2.51. The summed E-state index contributed by atoms with van der Waals surface area (Å²) in [6.07, 6.45) is -0.371. The second kappa shape index (κ2) is 7.97. The number of nitrogens with one attached hydrogen (secondary N) is 1. The first-order valence-corrected chi connectivity index (χ1v) is 11.1. The van der Waals surface area contributed by atoms with Gasteiger partial charge in [-0.15, -0.1) is 0 Å². The van der Waals surface area contributed by atoms with Crippen molar-refractivity contribution in [1.82, 2.24) is 10.2 Å². The molecule has 32 heavy (non-hydrogen) atoms. The fourth-order valence-electron chi connectivity index (χ4n) is 5.38. The number of carbonyl (C=O) groups is 3. The van der Waals surface area contributed by atoms with Crippen LogP contribution in [0.25, 0.3) is 11.1 Å². The van der Waals surface area contributed by atoms with Gasteiger partial charge in [0, 0.05) is 31.5 Å². The van der Waals surface area contributed by atoms with Crippen molar-refractivity contribution in [3.05, 3.63) is 59.7 Å². The Morgan fingerprint density at radius 1 is 1.03 bits per heavy atom. The maximum Gasteiger partial charge on any atom is 0.407 e. The highest BCUT2D eigenvalue weighted by Gasteiger charge is 2.60. The van der Waals surface area contributed by atoms with Gasteiger partial charge in [-0.3, -0.25) is 9.59 Å². The molecule has 5 rings (SSSR count). The maximum atomic E-state index is 12.5. The monoisotopic (exact) mass is 434 g/mol. The fourth-order valence-corrected chi connectivity index (χ4v) is 5.38. The molecule has 1 saturated carbocycles. The molecule has 0 bridgehead atoms. The summed E-state index contributed by atoms with van der Waals surface area (Å²) in [7, 11) is 0. The van der Waals surface area contributed by atoms with E-state index in [4.69, 9.17) is 9.84 Å². The van der Waals surface area contributed by atoms with Crippen molar-refractivity contribution in [1.29, 1.82) is 0 Å². The minimum absolute atomic E-state index is 0.0106. The van der Waals surface area contributed by atoms with Gasteiger partial charge in [-0.1, -0.05) is 48.5 Å². The summed E-state index contributed by atoms with van der Waals surface area (Å²) in [6.45, 7) is 3.00. The number of hydrogen-bond acceptors (Lipinski definition) is 4. The standard InChI is InChI=1S/C25H26N2O5/c1-14(10-22(28)27-11-19-20(12-27)23(19)24(29)30)26-25(31)32-13-21-17-8-4-2-6-15(17)16-7-3-5-9-18(16)21/h2-9,14,19-21,23H,10-13H2,1H3,(H,26,31)(H,29,30)/t14-,19?,20?,23?/m1/s1. The zero-order valence-electron chi connectivity index (χ0n) is 17.9. The first-order chi connectivity index (χ1) is 15.4. The molecule has 2 aliphatic carbocycles. The van der Waals surface area contributed by atoms with Gasteiger partial charge in [0.15, 0.2) is 0 Å². The second-order valence-corrected chi connectivity index (χ2v) is 9.07. The molecule has 0 aromatic heterocycles. The largest absolute Gasteiger partial charge is 0.481 e. The van der Waals surface area contributed by atoms with E-state index in [0.29, 0.717) is 13.1 Å². The molecule has 2 aromatic rings. The van der Waals surface area contributed by atoms with Gasteiger partial charge < -0.3 is 20.1 Å². The topological polar surface area (TPSA) is 95.9 Å². The lowest BCUT2D eigenvalue weighted by molar-refractivity contribution is -0.141. The molecular formula is C25H26N2O5. The predicted octanol–water partition coefficient (Wildman–Crippen LogP) is 3.09. The summed E-state index contributed by atoms with van der Waals surface area (Å²) in [5.74, 6) is -0.965. The van der Waals surface area contributed by atoms with Crippen LogP contribution < -0.4 is 5.32 Å². The molecule has 1 aliphatic heterocycles. The van der Waals surface area contributed by atoms with E-state index in [1.807, 2.05) is 24.3 Å². The van der Waals surface area contributed by atoms with Crippen LogP contribution in [0.2, 0.25) is 0 Å². The van der Waals surface area contributed by atoms with E-state index >= 15 is 0 Å². The number of fused-ring (bicyclic) bond motifs is 4. The zero-order valence-corrected chi connectivity index (χ0v) is 17.9. The Hall–Kier alpha value is -3.35. The number of aliphatic carboxylic acids is 1. The first kappa shape index (κ1) is 20.5. The Morgan fingerprint density at radius 2 is 1.59 bits per heavy atom. The molecule has 0 radical (unpaired) electrons. The van der Waals surface area contributed by atoms with Crippen molar-refractivity contribution >= 4 is 18.0 Å². The molecule has 2 aromatic carbocycles. The quantitative estimate of drug-likeness (QED) is 0.728. The molecular weight excluding hydrogens is 408 g/mol. The lowest BCUT2D eigenvalue weighted by atomic mass is 9.98. The number of carbonyl (C=O) groups excluding carboxylic acids is 2. The van der Waals surface area contributed by atoms with Gasteiger partial charge in [0.2, 0.25) is 5.91 Å². The number of likely N-dealkylation sites (tertiary alicyclic amines) is 1. The molecule has 2 N–H and O–H groups in total. The fraction of sp³-hybridized carbons (Fsp3) is 0.400. The number of carboxylic acid groups (broad SMARTS) is 1. The van der Waals surface area contributed by atoms with Crippen molar-refractivity contribution < 1.29 is 24.2 Å². The van der Waals surface area contributed by atoms with Crippen LogP contribution in [0.5, 0.6) is 0 Å². The SMILES string of the molecule is C[C@H](CC(=O)N1CC2C(C1)C2C(=O)O)NC(=O)OCC1c2ccccc2-c2ccccc21. The molecule has 7 nitrogen and oxygen atoms in total. The van der Waals surface area contributed by atoms with Crippen LogP contribution in [0.15, 0.2) is 48.5 Å². The summed E-state index contributed by atoms with van der Waals surface area (Å²) in [5, 5.41) is 11.9. The van der Waals surface area contributed by atoms with E-state index in [0.717, 1.165) is 11.1 Å². The molecule has 3 atom stereocenters. The normalized spacial score (nSPS) is 23.7. The Labute approximate surface area is 186 Å². The van der Waals surface area contributed by atoms with Crippen LogP contribution in [-0.2, 0) is 14.3 Å². The van der Waals surface area contributed by atoms with E-state index < -0.39 is 12.1 Å². The number of carboxylic acids is 1. The van der Waals surface area contributed by atoms with Gasteiger partial charge in [0.25, 0.3) is 0 Å². The second-order valence-electron chi connectivity index (χ2n) is 9.07. The number of amides is 2. The van der Waals surface area contributed by atoms with Crippen molar-refractivity contribution in [2.24, 2.45) is 17.8 Å². The van der Waals surface area contributed by atoms with Crippen molar-refractivity contribution in [2.75, 3.05) is 19.7 Å². The van der Waals surface area contributed by atoms with Crippen molar-refractivity contribution in [3.63, 3.8) is 0 Å². The number of alkyl carbamates (subject to hydrolysis) is 1. The molecule has 2 fully saturated rings. The van der Waals surface area contributed by atoms with Gasteiger partial charge in [-0.05, 0) is 41.0 Å². The van der Waals surface area contributed by atoms with Gasteiger partial charge in [-0.25, -0.2) is 4.79 Å². The number of ether oxygens (including phenoxy) is 1. The van der Waals surface area contributed by atoms with Crippen LogP contribution in [0.1, 0.15) is 30.4 Å². The van der Waals surface area contributed by atoms with E-state index in [-0.39, 0.29) is 48.6 Å². The molecule has 3 aliphatic rings. The molecule has 2 amide bonds. The number of nitrogens with zero attached hydrogens (tertiary/aromatic N) is 1. The number of rotatable bonds is 6. The molecule has 1 heterocycles. The summed E-state index contributed by atoms with van der Waals surface area (Å²) in [4.78, 5) is 37.7. The Morgan fingerprint density at radius 3 is 2.16 bits per heavy atom. The van der Waals surface area contributed by atoms with E-state index in [2.05, 4.69) is 29.6 Å². The minimum atomic E-state index is -0.766. The van der Waals surface area contributed by atoms with Gasteiger partial charge in [0.1, 0.15) is 6.61 Å². The summed E-state index contributed by atoms with van der Waals surface area (Å²) >= 11 is 0. The number of benzene rings is 2. The van der Waals surface area contributed by atoms with Gasteiger partial charge in [-0.2, -0.15) is 0 Å². The minimum Gasteiger partial charge on any atom is -0.481 e. The van der Waals surface area contributed by atoms with Crippen LogP contribution in [-0.4, -0.2) is 53.7 Å². The number of piperidine rings is 1. The van der Waals surface area contributed by atoms with Crippen molar-refractivity contribution in [2.45, 2.75) is 25.3 Å². The lowest BCUT2D eigenvalue weighted by Gasteiger charge is -2.22. The van der Waals surface area contributed by atoms with E-state index in [1.54, 1.807) is 11.8 Å². The Kier molecular flexibility index (Phi) is 5.12.